The number of ether oxygens (including phenoxy) is 1. The van der Waals surface area contributed by atoms with Gasteiger partial charge in [-0.15, -0.1) is 0 Å². The summed E-state index contributed by atoms with van der Waals surface area (Å²) in [6.45, 7) is 2.88. The number of H-pyrrole nitrogens is 1. The van der Waals surface area contributed by atoms with Crippen molar-refractivity contribution in [2.24, 2.45) is 0 Å². The first-order chi connectivity index (χ1) is 8.26. The molecular formula is C13H17N3O. The fourth-order valence-corrected chi connectivity index (χ4v) is 1.81. The number of hydrogen-bond acceptors (Lipinski definition) is 3. The van der Waals surface area contributed by atoms with Crippen LogP contribution < -0.4 is 10.1 Å². The Morgan fingerprint density at radius 1 is 1.29 bits per heavy atom. The van der Waals surface area contributed by atoms with E-state index in [0.717, 1.165) is 29.2 Å². The molecule has 0 fully saturated rings. The highest BCUT2D eigenvalue weighted by molar-refractivity contribution is 5.64. The second-order valence-corrected chi connectivity index (χ2v) is 3.93. The average molecular weight is 231 g/mol. The van der Waals surface area contributed by atoms with Crippen LogP contribution in [-0.4, -0.2) is 24.4 Å². The topological polar surface area (TPSA) is 49.9 Å². The van der Waals surface area contributed by atoms with E-state index in [1.807, 2.05) is 31.3 Å². The number of aromatic amines is 1. The molecule has 1 heterocycles. The Balaban J connectivity index is 2.32. The number of hydrogen-bond donors (Lipinski definition) is 2. The molecule has 4 nitrogen and oxygen atoms in total. The molecule has 0 aliphatic rings. The Bertz CT molecular complexity index is 488. The normalized spacial score (nSPS) is 10.5. The summed E-state index contributed by atoms with van der Waals surface area (Å²) in [4.78, 5) is 0. The second-order valence-electron chi connectivity index (χ2n) is 3.93. The number of methoxy groups -OCH3 is 1. The molecule has 2 rings (SSSR count). The van der Waals surface area contributed by atoms with Gasteiger partial charge in [-0.3, -0.25) is 5.10 Å². The molecule has 0 amide bonds. The highest BCUT2D eigenvalue weighted by Gasteiger charge is 2.09. The van der Waals surface area contributed by atoms with E-state index in [-0.39, 0.29) is 0 Å². The zero-order valence-corrected chi connectivity index (χ0v) is 10.4. The largest absolute Gasteiger partial charge is 0.497 e. The van der Waals surface area contributed by atoms with Gasteiger partial charge < -0.3 is 10.1 Å². The summed E-state index contributed by atoms with van der Waals surface area (Å²) in [5.41, 5.74) is 4.41. The minimum atomic E-state index is 0.801. The first-order valence-electron chi connectivity index (χ1n) is 5.59. The van der Waals surface area contributed by atoms with Crippen molar-refractivity contribution in [3.8, 4) is 17.0 Å². The van der Waals surface area contributed by atoms with Crippen LogP contribution in [0.1, 0.15) is 11.3 Å². The van der Waals surface area contributed by atoms with Crippen molar-refractivity contribution in [1.82, 2.24) is 15.5 Å². The van der Waals surface area contributed by atoms with Crippen LogP contribution in [0.3, 0.4) is 0 Å². The molecule has 0 bridgehead atoms. The van der Waals surface area contributed by atoms with E-state index in [1.54, 1.807) is 7.11 Å². The highest BCUT2D eigenvalue weighted by Crippen LogP contribution is 2.24. The van der Waals surface area contributed by atoms with Gasteiger partial charge in [0.2, 0.25) is 0 Å². The quantitative estimate of drug-likeness (QED) is 0.847. The van der Waals surface area contributed by atoms with Gasteiger partial charge >= 0.3 is 0 Å². The predicted molar refractivity (Wildman–Crippen MR) is 68.1 cm³/mol. The molecule has 90 valence electrons. The number of nitrogens with zero attached hydrogens (tertiary/aromatic N) is 1. The summed E-state index contributed by atoms with van der Waals surface area (Å²) in [5, 5.41) is 10.5. The third-order valence-corrected chi connectivity index (χ3v) is 2.83. The van der Waals surface area contributed by atoms with Crippen LogP contribution in [0.2, 0.25) is 0 Å². The van der Waals surface area contributed by atoms with Gasteiger partial charge in [-0.2, -0.15) is 5.10 Å². The van der Waals surface area contributed by atoms with Crippen LogP contribution >= 0.6 is 0 Å². The molecule has 0 spiro atoms. The lowest BCUT2D eigenvalue weighted by Crippen LogP contribution is -2.06. The van der Waals surface area contributed by atoms with Crippen LogP contribution in [-0.2, 0) is 6.54 Å². The summed E-state index contributed by atoms with van der Waals surface area (Å²) >= 11 is 0. The smallest absolute Gasteiger partial charge is 0.118 e. The molecule has 0 radical (unpaired) electrons. The summed E-state index contributed by atoms with van der Waals surface area (Å²) in [6.07, 6.45) is 0. The maximum atomic E-state index is 5.14. The van der Waals surface area contributed by atoms with Gasteiger partial charge in [-0.05, 0) is 43.8 Å². The molecule has 17 heavy (non-hydrogen) atoms. The lowest BCUT2D eigenvalue weighted by Gasteiger charge is -2.02. The molecule has 4 heteroatoms. The van der Waals surface area contributed by atoms with Gasteiger partial charge in [0.15, 0.2) is 0 Å². The van der Waals surface area contributed by atoms with Crippen molar-refractivity contribution in [1.29, 1.82) is 0 Å². The Labute approximate surface area is 101 Å². The van der Waals surface area contributed by atoms with Gasteiger partial charge in [0.1, 0.15) is 5.75 Å². The Hall–Kier alpha value is -1.81. The average Bonchev–Trinajstić information content (AvgIpc) is 2.72. The van der Waals surface area contributed by atoms with Crippen molar-refractivity contribution >= 4 is 0 Å². The summed E-state index contributed by atoms with van der Waals surface area (Å²) in [5.74, 6) is 0.859. The van der Waals surface area contributed by atoms with Gasteiger partial charge in [-0.25, -0.2) is 0 Å². The SMILES string of the molecule is CNCc1[nH]nc(-c2ccc(OC)cc2)c1C. The van der Waals surface area contributed by atoms with Gasteiger partial charge in [-0.1, -0.05) is 0 Å². The zero-order chi connectivity index (χ0) is 12.3. The van der Waals surface area contributed by atoms with Crippen molar-refractivity contribution < 1.29 is 4.74 Å². The predicted octanol–water partition coefficient (Wildman–Crippen LogP) is 2.11. The highest BCUT2D eigenvalue weighted by atomic mass is 16.5. The summed E-state index contributed by atoms with van der Waals surface area (Å²) < 4.78 is 5.14. The number of aromatic nitrogens is 2. The molecule has 1 aromatic heterocycles. The van der Waals surface area contributed by atoms with E-state index >= 15 is 0 Å². The Morgan fingerprint density at radius 2 is 2.00 bits per heavy atom. The Kier molecular flexibility index (Phi) is 3.44. The molecule has 0 saturated carbocycles. The van der Waals surface area contributed by atoms with Crippen molar-refractivity contribution in [3.63, 3.8) is 0 Å². The first-order valence-corrected chi connectivity index (χ1v) is 5.59. The minimum Gasteiger partial charge on any atom is -0.497 e. The molecule has 2 N–H and O–H groups in total. The number of nitrogens with one attached hydrogen (secondary N) is 2. The maximum Gasteiger partial charge on any atom is 0.118 e. The molecular weight excluding hydrogens is 214 g/mol. The molecule has 0 aliphatic carbocycles. The second kappa shape index (κ2) is 5.01. The summed E-state index contributed by atoms with van der Waals surface area (Å²) in [6, 6.07) is 7.93. The van der Waals surface area contributed by atoms with E-state index in [2.05, 4.69) is 22.4 Å². The molecule has 0 atom stereocenters. The van der Waals surface area contributed by atoms with Crippen molar-refractivity contribution in [2.45, 2.75) is 13.5 Å². The van der Waals surface area contributed by atoms with E-state index in [4.69, 9.17) is 4.74 Å². The van der Waals surface area contributed by atoms with E-state index in [1.165, 1.54) is 5.56 Å². The lowest BCUT2D eigenvalue weighted by atomic mass is 10.1. The van der Waals surface area contributed by atoms with Crippen LogP contribution in [0.25, 0.3) is 11.3 Å². The lowest BCUT2D eigenvalue weighted by molar-refractivity contribution is 0.415. The molecule has 0 aliphatic heterocycles. The minimum absolute atomic E-state index is 0.801. The molecule has 1 aromatic carbocycles. The van der Waals surface area contributed by atoms with E-state index in [9.17, 15) is 0 Å². The molecule has 2 aromatic rings. The monoisotopic (exact) mass is 231 g/mol. The van der Waals surface area contributed by atoms with Crippen LogP contribution in [0.15, 0.2) is 24.3 Å². The standard InChI is InChI=1S/C13H17N3O/c1-9-12(8-14-2)15-16-13(9)10-4-6-11(17-3)7-5-10/h4-7,14H,8H2,1-3H3,(H,15,16). The van der Waals surface area contributed by atoms with Crippen molar-refractivity contribution in [2.75, 3.05) is 14.2 Å². The Morgan fingerprint density at radius 3 is 2.59 bits per heavy atom. The van der Waals surface area contributed by atoms with Gasteiger partial charge in [0.25, 0.3) is 0 Å². The van der Waals surface area contributed by atoms with Crippen LogP contribution in [0, 0.1) is 6.92 Å². The first kappa shape index (κ1) is 11.7. The molecule has 0 unspecified atom stereocenters. The molecule has 0 saturated heterocycles. The maximum absolute atomic E-state index is 5.14. The van der Waals surface area contributed by atoms with Gasteiger partial charge in [0, 0.05) is 12.1 Å². The van der Waals surface area contributed by atoms with Crippen LogP contribution in [0.5, 0.6) is 5.75 Å². The van der Waals surface area contributed by atoms with E-state index in [0.29, 0.717) is 0 Å². The third-order valence-electron chi connectivity index (χ3n) is 2.83. The van der Waals surface area contributed by atoms with Crippen LogP contribution in [0.4, 0.5) is 0 Å². The number of benzene rings is 1. The fourth-order valence-electron chi connectivity index (χ4n) is 1.81. The van der Waals surface area contributed by atoms with Crippen molar-refractivity contribution in [3.05, 3.63) is 35.5 Å². The fraction of sp³-hybridized carbons (Fsp3) is 0.308. The number of rotatable bonds is 4. The zero-order valence-electron chi connectivity index (χ0n) is 10.4. The van der Waals surface area contributed by atoms with Gasteiger partial charge in [0.05, 0.1) is 18.5 Å². The third kappa shape index (κ3) is 2.31. The van der Waals surface area contributed by atoms with E-state index < -0.39 is 0 Å². The summed E-state index contributed by atoms with van der Waals surface area (Å²) in [7, 11) is 3.59.